The van der Waals surface area contributed by atoms with Crippen molar-refractivity contribution in [2.24, 2.45) is 7.05 Å². The van der Waals surface area contributed by atoms with E-state index in [-0.39, 0.29) is 18.1 Å². The van der Waals surface area contributed by atoms with Gasteiger partial charge in [0.15, 0.2) is 6.61 Å². The summed E-state index contributed by atoms with van der Waals surface area (Å²) in [6, 6.07) is 7.88. The number of quaternary nitrogens is 1. The first-order valence-electron chi connectivity index (χ1n) is 9.03. The van der Waals surface area contributed by atoms with Crippen molar-refractivity contribution in [3.63, 3.8) is 0 Å². The molecule has 1 aromatic heterocycles. The van der Waals surface area contributed by atoms with Gasteiger partial charge in [-0.1, -0.05) is 11.8 Å². The van der Waals surface area contributed by atoms with Crippen LogP contribution in [0.3, 0.4) is 0 Å². The quantitative estimate of drug-likeness (QED) is 0.457. The summed E-state index contributed by atoms with van der Waals surface area (Å²) in [6.07, 6.45) is 1.08. The van der Waals surface area contributed by atoms with Crippen LogP contribution in [0.15, 0.2) is 29.4 Å². The van der Waals surface area contributed by atoms with Crippen molar-refractivity contribution in [2.45, 2.75) is 44.4 Å². The molecule has 1 heterocycles. The van der Waals surface area contributed by atoms with Gasteiger partial charge in [-0.25, -0.2) is 4.68 Å². The van der Waals surface area contributed by atoms with Gasteiger partial charge in [-0.05, 0) is 55.5 Å². The van der Waals surface area contributed by atoms with E-state index in [4.69, 9.17) is 4.74 Å². The van der Waals surface area contributed by atoms with Gasteiger partial charge in [-0.15, -0.1) is 5.10 Å². The summed E-state index contributed by atoms with van der Waals surface area (Å²) in [4.78, 5) is 11.8. The molecule has 0 spiro atoms. The minimum Gasteiger partial charge on any atom is -0.484 e. The molecule has 0 radical (unpaired) electrons. The molecular formula is C18H29N6O2S+. The number of benzene rings is 1. The molecule has 0 atom stereocenters. The minimum atomic E-state index is -0.246. The lowest BCUT2D eigenvalue weighted by molar-refractivity contribution is -0.670. The summed E-state index contributed by atoms with van der Waals surface area (Å²) in [6.45, 7) is 7.83. The summed E-state index contributed by atoms with van der Waals surface area (Å²) in [7, 11) is 1.85. The van der Waals surface area contributed by atoms with Crippen LogP contribution in [0.2, 0.25) is 0 Å². The maximum absolute atomic E-state index is 11.8. The van der Waals surface area contributed by atoms with E-state index in [9.17, 15) is 4.79 Å². The lowest BCUT2D eigenvalue weighted by Gasteiger charge is -2.20. The second kappa shape index (κ2) is 10.3. The molecule has 8 nitrogen and oxygen atoms in total. The number of hydrogen-bond donors (Lipinski definition) is 2. The second-order valence-corrected chi connectivity index (χ2v) is 8.36. The van der Waals surface area contributed by atoms with E-state index >= 15 is 0 Å². The molecular weight excluding hydrogens is 364 g/mol. The highest BCUT2D eigenvalue weighted by Crippen LogP contribution is 2.13. The highest BCUT2D eigenvalue weighted by molar-refractivity contribution is 7.99. The molecule has 9 heteroatoms. The number of thioether (sulfide) groups is 1. The Kier molecular flexibility index (Phi) is 8.05. The molecule has 0 aliphatic carbocycles. The largest absolute Gasteiger partial charge is 0.484 e. The number of amides is 1. The maximum atomic E-state index is 11.8. The molecule has 27 heavy (non-hydrogen) atoms. The molecule has 2 rings (SSSR count). The average molecular weight is 394 g/mol. The Balaban J connectivity index is 1.60. The van der Waals surface area contributed by atoms with E-state index in [2.05, 4.69) is 26.2 Å². The lowest BCUT2D eigenvalue weighted by atomic mass is 10.1. The van der Waals surface area contributed by atoms with Gasteiger partial charge in [0, 0.05) is 30.3 Å². The van der Waals surface area contributed by atoms with Crippen LogP contribution in [0.5, 0.6) is 5.75 Å². The predicted octanol–water partition coefficient (Wildman–Crippen LogP) is 0.749. The molecule has 0 aliphatic rings. The molecule has 1 amide bonds. The minimum absolute atomic E-state index is 0.0292. The van der Waals surface area contributed by atoms with Crippen molar-refractivity contribution in [1.82, 2.24) is 25.5 Å². The molecule has 3 N–H and O–H groups in total. The fourth-order valence-corrected chi connectivity index (χ4v) is 3.14. The van der Waals surface area contributed by atoms with E-state index in [0.717, 1.165) is 30.4 Å². The van der Waals surface area contributed by atoms with E-state index in [0.29, 0.717) is 5.75 Å². The Hall–Kier alpha value is -2.13. The normalized spacial score (nSPS) is 11.4. The second-order valence-electron chi connectivity index (χ2n) is 7.30. The van der Waals surface area contributed by atoms with E-state index in [1.807, 2.05) is 52.1 Å². The SMILES string of the molecule is Cn1nnnc1SCCC[NH2+]Cc1ccc(OCC(=O)NC(C)(C)C)cc1. The van der Waals surface area contributed by atoms with Crippen LogP contribution in [-0.2, 0) is 18.4 Å². The van der Waals surface area contributed by atoms with Crippen LogP contribution in [0.1, 0.15) is 32.8 Å². The number of nitrogens with one attached hydrogen (secondary N) is 1. The molecule has 1 aromatic carbocycles. The maximum Gasteiger partial charge on any atom is 0.258 e. The van der Waals surface area contributed by atoms with Crippen LogP contribution in [0.4, 0.5) is 0 Å². The zero-order valence-electron chi connectivity index (χ0n) is 16.4. The number of aryl methyl sites for hydroxylation is 1. The molecule has 0 saturated heterocycles. The summed E-state index contributed by atoms with van der Waals surface area (Å²) in [5.41, 5.74) is 0.982. The van der Waals surface area contributed by atoms with E-state index in [1.54, 1.807) is 16.4 Å². The Bertz CT molecular complexity index is 711. The van der Waals surface area contributed by atoms with Gasteiger partial charge in [0.2, 0.25) is 5.16 Å². The number of carbonyl (C=O) groups is 1. The van der Waals surface area contributed by atoms with Crippen LogP contribution >= 0.6 is 11.8 Å². The van der Waals surface area contributed by atoms with Crippen LogP contribution < -0.4 is 15.4 Å². The van der Waals surface area contributed by atoms with E-state index in [1.165, 1.54) is 5.56 Å². The third-order valence-corrected chi connectivity index (χ3v) is 4.65. The Morgan fingerprint density at radius 3 is 2.67 bits per heavy atom. The van der Waals surface area contributed by atoms with Crippen LogP contribution in [0.25, 0.3) is 0 Å². The van der Waals surface area contributed by atoms with Crippen molar-refractivity contribution < 1.29 is 14.8 Å². The monoisotopic (exact) mass is 393 g/mol. The predicted molar refractivity (Wildman–Crippen MR) is 104 cm³/mol. The third-order valence-electron chi connectivity index (χ3n) is 3.55. The average Bonchev–Trinajstić information content (AvgIpc) is 3.01. The van der Waals surface area contributed by atoms with Crippen LogP contribution in [-0.4, -0.2) is 50.6 Å². The van der Waals surface area contributed by atoms with Gasteiger partial charge in [-0.3, -0.25) is 4.79 Å². The van der Waals surface area contributed by atoms with Gasteiger partial charge >= 0.3 is 0 Å². The van der Waals surface area contributed by atoms with Crippen LogP contribution in [0, 0.1) is 0 Å². The lowest BCUT2D eigenvalue weighted by Crippen LogP contribution is -2.82. The van der Waals surface area contributed by atoms with Crippen molar-refractivity contribution in [3.8, 4) is 5.75 Å². The first kappa shape index (κ1) is 21.2. The zero-order chi connectivity index (χ0) is 19.7. The highest BCUT2D eigenvalue weighted by Gasteiger charge is 2.13. The standard InChI is InChI=1S/C18H28N6O2S/c1-18(2,3)20-16(25)13-26-15-8-6-14(7-9-15)12-19-10-5-11-27-17-21-22-23-24(17)4/h6-9,19H,5,10-13H2,1-4H3,(H,20,25)/p+1. The molecule has 0 aliphatic heterocycles. The number of tetrazole rings is 1. The molecule has 0 saturated carbocycles. The van der Waals surface area contributed by atoms with Crippen molar-refractivity contribution in [2.75, 3.05) is 18.9 Å². The smallest absolute Gasteiger partial charge is 0.258 e. The van der Waals surface area contributed by atoms with E-state index < -0.39 is 0 Å². The van der Waals surface area contributed by atoms with Gasteiger partial charge < -0.3 is 15.4 Å². The van der Waals surface area contributed by atoms with Gasteiger partial charge in [0.05, 0.1) is 6.54 Å². The van der Waals surface area contributed by atoms with Crippen molar-refractivity contribution >= 4 is 17.7 Å². The topological polar surface area (TPSA) is 98.5 Å². The number of hydrogen-bond acceptors (Lipinski definition) is 6. The fourth-order valence-electron chi connectivity index (χ4n) is 2.33. The third kappa shape index (κ3) is 8.40. The fraction of sp³-hybridized carbons (Fsp3) is 0.556. The molecule has 0 fully saturated rings. The first-order valence-corrected chi connectivity index (χ1v) is 10.0. The number of carbonyl (C=O) groups excluding carboxylic acids is 1. The molecule has 0 unspecified atom stereocenters. The Morgan fingerprint density at radius 1 is 1.30 bits per heavy atom. The summed E-state index contributed by atoms with van der Waals surface area (Å²) >= 11 is 1.67. The summed E-state index contributed by atoms with van der Waals surface area (Å²) in [5, 5.41) is 17.4. The summed E-state index contributed by atoms with van der Waals surface area (Å²) in [5.74, 6) is 1.58. The number of aromatic nitrogens is 4. The van der Waals surface area contributed by atoms with Gasteiger partial charge in [0.25, 0.3) is 5.91 Å². The zero-order valence-corrected chi connectivity index (χ0v) is 17.3. The summed E-state index contributed by atoms with van der Waals surface area (Å²) < 4.78 is 7.21. The van der Waals surface area contributed by atoms with Gasteiger partial charge in [0.1, 0.15) is 12.3 Å². The number of ether oxygens (including phenoxy) is 1. The number of nitrogens with zero attached hydrogens (tertiary/aromatic N) is 4. The highest BCUT2D eigenvalue weighted by atomic mass is 32.2. The molecule has 2 aromatic rings. The number of rotatable bonds is 10. The first-order chi connectivity index (χ1) is 12.8. The molecule has 0 bridgehead atoms. The Labute approximate surface area is 164 Å². The van der Waals surface area contributed by atoms with Crippen molar-refractivity contribution in [1.29, 1.82) is 0 Å². The Morgan fingerprint density at radius 2 is 2.04 bits per heavy atom. The van der Waals surface area contributed by atoms with Crippen molar-refractivity contribution in [3.05, 3.63) is 29.8 Å². The number of nitrogens with two attached hydrogens (primary N) is 1. The van der Waals surface area contributed by atoms with Gasteiger partial charge in [-0.2, -0.15) is 0 Å². The molecule has 148 valence electrons.